The second-order valence-corrected chi connectivity index (χ2v) is 21.8. The van der Waals surface area contributed by atoms with Crippen molar-refractivity contribution in [3.8, 4) is 11.5 Å². The predicted octanol–water partition coefficient (Wildman–Crippen LogP) is 4.22. The number of anilines is 1. The van der Waals surface area contributed by atoms with Crippen LogP contribution in [0.2, 0.25) is 0 Å². The molecule has 2 saturated heterocycles. The Labute approximate surface area is 427 Å². The quantitative estimate of drug-likeness (QED) is 0.0209. The summed E-state index contributed by atoms with van der Waals surface area (Å²) in [6.07, 6.45) is 4.93. The number of likely N-dealkylation sites (tertiary alicyclic amines) is 1. The SMILES string of the molecule is CCCCOc1cnc(C(=O)NCCN2CC[C@@H](c3cc(C(=O)NC[C@@H]4[C@H](NC(=O)/C(=N\OC(C)(C)C(=O)OC(C)(C)C)c5csc(NC(=O)OC(C)(C)C)n5)C(=O)N4S(=O)(=O)O)on3)C2)cc1OCCCC. The molecule has 27 heteroatoms. The summed E-state index contributed by atoms with van der Waals surface area (Å²) in [5, 5.41) is 19.4. The highest BCUT2D eigenvalue weighted by atomic mass is 32.2. The number of nitrogens with one attached hydrogen (secondary N) is 4. The zero-order valence-corrected chi connectivity index (χ0v) is 44.3. The van der Waals surface area contributed by atoms with Crippen molar-refractivity contribution < 1.29 is 70.0 Å². The number of unbranched alkanes of at least 4 members (excludes halogenated alkanes) is 2. The van der Waals surface area contributed by atoms with Crippen LogP contribution in [0.15, 0.2) is 33.4 Å². The number of carbonyl (C=O) groups is 6. The maximum atomic E-state index is 14.0. The number of esters is 1. The predicted molar refractivity (Wildman–Crippen MR) is 264 cm³/mol. The first-order valence-electron chi connectivity index (χ1n) is 23.8. The maximum Gasteiger partial charge on any atom is 0.413 e. The van der Waals surface area contributed by atoms with E-state index < -0.39 is 81.2 Å². The summed E-state index contributed by atoms with van der Waals surface area (Å²) < 4.78 is 62.5. The molecule has 0 unspecified atom stereocenters. The monoisotopic (exact) mass is 1060 g/mol. The molecule has 0 radical (unpaired) electrons. The topological polar surface area (TPSA) is 322 Å². The molecule has 5 rings (SSSR count). The van der Waals surface area contributed by atoms with Gasteiger partial charge in [-0.25, -0.2) is 23.9 Å². The minimum absolute atomic E-state index is 0.0389. The van der Waals surface area contributed by atoms with Crippen LogP contribution in [0.3, 0.4) is 0 Å². The van der Waals surface area contributed by atoms with E-state index in [9.17, 15) is 41.7 Å². The van der Waals surface area contributed by atoms with Crippen molar-refractivity contribution in [2.24, 2.45) is 5.16 Å². The summed E-state index contributed by atoms with van der Waals surface area (Å²) in [5.41, 5.74) is -3.72. The first kappa shape index (κ1) is 57.5. The lowest BCUT2D eigenvalue weighted by molar-refractivity contribution is -0.179. The molecule has 5 amide bonds. The molecule has 2 fully saturated rings. The number of rotatable bonds is 24. The van der Waals surface area contributed by atoms with Crippen LogP contribution in [0.25, 0.3) is 0 Å². The summed E-state index contributed by atoms with van der Waals surface area (Å²) in [6.45, 7) is 19.0. The van der Waals surface area contributed by atoms with E-state index in [1.165, 1.54) is 31.5 Å². The molecule has 0 bridgehead atoms. The van der Waals surface area contributed by atoms with Crippen molar-refractivity contribution in [3.05, 3.63) is 46.6 Å². The molecule has 0 aromatic carbocycles. The fraction of sp³-hybridized carbons (Fsp3) is 0.609. The van der Waals surface area contributed by atoms with Gasteiger partial charge in [-0.1, -0.05) is 37.0 Å². The molecule has 5 heterocycles. The molecule has 0 saturated carbocycles. The van der Waals surface area contributed by atoms with E-state index in [4.69, 9.17) is 28.3 Å². The van der Waals surface area contributed by atoms with Crippen LogP contribution in [0, 0.1) is 0 Å². The molecule has 0 aliphatic carbocycles. The fourth-order valence-corrected chi connectivity index (χ4v) is 8.56. The normalized spacial score (nSPS) is 17.6. The van der Waals surface area contributed by atoms with Crippen LogP contribution in [0.5, 0.6) is 11.5 Å². The molecular weight excluding hydrogens is 997 g/mol. The summed E-state index contributed by atoms with van der Waals surface area (Å²) in [6, 6.07) is -0.228. The highest BCUT2D eigenvalue weighted by Crippen LogP contribution is 2.30. The van der Waals surface area contributed by atoms with E-state index in [-0.39, 0.29) is 38.4 Å². The average molecular weight is 1060 g/mol. The number of ether oxygens (including phenoxy) is 4. The number of amides is 5. The molecule has 3 aromatic heterocycles. The Kier molecular flexibility index (Phi) is 19.3. The summed E-state index contributed by atoms with van der Waals surface area (Å²) in [4.78, 5) is 95.2. The first-order valence-corrected chi connectivity index (χ1v) is 26.0. The van der Waals surface area contributed by atoms with Crippen molar-refractivity contribution in [2.75, 3.05) is 51.3 Å². The Hall–Kier alpha value is -6.45. The number of hydrogen-bond donors (Lipinski definition) is 5. The van der Waals surface area contributed by atoms with Crippen LogP contribution in [0.1, 0.15) is 140 Å². The fourth-order valence-electron chi connectivity index (χ4n) is 7.00. The van der Waals surface area contributed by atoms with Gasteiger partial charge in [0.05, 0.1) is 31.1 Å². The Morgan fingerprint density at radius 3 is 2.23 bits per heavy atom. The lowest BCUT2D eigenvalue weighted by Gasteiger charge is -2.44. The number of thiazole rings is 1. The van der Waals surface area contributed by atoms with Gasteiger partial charge in [0.1, 0.15) is 28.6 Å². The number of oxime groups is 1. The first-order chi connectivity index (χ1) is 34.2. The third-order valence-electron chi connectivity index (χ3n) is 10.7. The van der Waals surface area contributed by atoms with E-state index >= 15 is 0 Å². The Bertz CT molecular complexity index is 2600. The number of hydrogen-bond acceptors (Lipinski definition) is 20. The van der Waals surface area contributed by atoms with Gasteiger partial charge in [-0.2, -0.15) is 8.42 Å². The van der Waals surface area contributed by atoms with Gasteiger partial charge in [0.15, 0.2) is 22.3 Å². The molecule has 5 N–H and O–H groups in total. The molecule has 402 valence electrons. The van der Waals surface area contributed by atoms with Crippen LogP contribution in [0.4, 0.5) is 9.93 Å². The molecule has 73 heavy (non-hydrogen) atoms. The van der Waals surface area contributed by atoms with Gasteiger partial charge in [-0.05, 0) is 81.2 Å². The van der Waals surface area contributed by atoms with Crippen LogP contribution in [-0.2, 0) is 39.0 Å². The maximum absolute atomic E-state index is 14.0. The number of β-lactam (4-membered cyclic amide) rings is 1. The number of aromatic nitrogens is 3. The van der Waals surface area contributed by atoms with Gasteiger partial charge in [0, 0.05) is 49.6 Å². The van der Waals surface area contributed by atoms with Gasteiger partial charge in [-0.3, -0.25) is 29.0 Å². The largest absolute Gasteiger partial charge is 0.490 e. The van der Waals surface area contributed by atoms with Crippen LogP contribution < -0.4 is 30.7 Å². The van der Waals surface area contributed by atoms with Gasteiger partial charge < -0.3 is 49.2 Å². The summed E-state index contributed by atoms with van der Waals surface area (Å²) >= 11 is 0.863. The lowest BCUT2D eigenvalue weighted by atomic mass is 9.98. The lowest BCUT2D eigenvalue weighted by Crippen LogP contribution is -2.74. The molecule has 0 spiro atoms. The van der Waals surface area contributed by atoms with Gasteiger partial charge in [0.2, 0.25) is 11.4 Å². The van der Waals surface area contributed by atoms with E-state index in [0.717, 1.165) is 37.0 Å². The van der Waals surface area contributed by atoms with E-state index in [2.05, 4.69) is 60.3 Å². The Balaban J connectivity index is 1.21. The minimum atomic E-state index is -5.21. The van der Waals surface area contributed by atoms with Crippen molar-refractivity contribution >= 4 is 68.2 Å². The van der Waals surface area contributed by atoms with Gasteiger partial charge >= 0.3 is 22.4 Å². The molecule has 2 aliphatic heterocycles. The third-order valence-corrected chi connectivity index (χ3v) is 12.4. The standard InChI is InChI=1S/C46H66N10O15S2/c1-11-13-19-66-32-22-29(48-24-34(32)67-20-14-12-2)37(57)47-16-18-55-17-15-27(25-55)28-21-33(70-53-28)38(58)49-23-31-36(40(60)56(31)73(63,64)65)51-39(59)35(54-71-46(9,10)41(61)68-44(3,4)5)30-26-72-42(50-30)52-43(62)69-45(6,7)8/h21-22,24,26-27,31,36H,11-20,23,25H2,1-10H3,(H,47,57)(H,49,58)(H,51,59)(H,50,52,62)(H,63,64,65)/b54-35-/t27-,31-,36+/m1/s1. The van der Waals surface area contributed by atoms with E-state index in [0.29, 0.717) is 63.0 Å². The molecule has 3 aromatic rings. The Morgan fingerprint density at radius 2 is 1.59 bits per heavy atom. The number of pyridine rings is 1. The summed E-state index contributed by atoms with van der Waals surface area (Å²) in [5.74, 6) is -3.92. The zero-order chi connectivity index (χ0) is 53.9. The van der Waals surface area contributed by atoms with Crippen LogP contribution in [-0.4, -0.2) is 154 Å². The van der Waals surface area contributed by atoms with Gasteiger partial charge in [-0.15, -0.1) is 11.3 Å². The van der Waals surface area contributed by atoms with E-state index in [1.807, 2.05) is 0 Å². The van der Waals surface area contributed by atoms with Crippen molar-refractivity contribution in [3.63, 3.8) is 0 Å². The second-order valence-electron chi connectivity index (χ2n) is 19.6. The Morgan fingerprint density at radius 1 is 0.918 bits per heavy atom. The molecule has 3 atom stereocenters. The molecule has 2 aliphatic rings. The van der Waals surface area contributed by atoms with E-state index in [1.54, 1.807) is 47.6 Å². The smallest absolute Gasteiger partial charge is 0.413 e. The third kappa shape index (κ3) is 16.5. The highest BCUT2D eigenvalue weighted by Gasteiger charge is 2.54. The van der Waals surface area contributed by atoms with Crippen molar-refractivity contribution in [1.82, 2.24) is 40.3 Å². The van der Waals surface area contributed by atoms with Crippen LogP contribution >= 0.6 is 11.3 Å². The number of nitrogens with zero attached hydrogens (tertiary/aromatic N) is 6. The van der Waals surface area contributed by atoms with Crippen molar-refractivity contribution in [2.45, 2.75) is 136 Å². The second kappa shape index (κ2) is 24.5. The minimum Gasteiger partial charge on any atom is -0.490 e. The molecule has 25 nitrogen and oxygen atoms in total. The molecular formula is C46H66N10O15S2. The summed E-state index contributed by atoms with van der Waals surface area (Å²) in [7, 11) is -5.21. The zero-order valence-electron chi connectivity index (χ0n) is 42.7. The van der Waals surface area contributed by atoms with Gasteiger partial charge in [0.25, 0.3) is 23.6 Å². The average Bonchev–Trinajstić information content (AvgIpc) is 4.08. The highest BCUT2D eigenvalue weighted by molar-refractivity contribution is 7.84. The van der Waals surface area contributed by atoms with Crippen molar-refractivity contribution in [1.29, 1.82) is 0 Å². The number of carbonyl (C=O) groups excluding carboxylic acids is 6.